The molecule has 1 saturated heterocycles. The van der Waals surface area contributed by atoms with E-state index in [0.717, 1.165) is 28.8 Å². The first-order valence-electron chi connectivity index (χ1n) is 10.4. The van der Waals surface area contributed by atoms with E-state index in [-0.39, 0.29) is 24.2 Å². The van der Waals surface area contributed by atoms with Crippen LogP contribution in [0.25, 0.3) is 16.8 Å². The lowest BCUT2D eigenvalue weighted by atomic mass is 10.0. The fourth-order valence-corrected chi connectivity index (χ4v) is 3.66. The average molecular weight is 432 g/mol. The molecule has 1 amide bonds. The molecule has 0 radical (unpaired) electrons. The van der Waals surface area contributed by atoms with Crippen molar-refractivity contribution >= 4 is 17.2 Å². The second kappa shape index (κ2) is 8.76. The van der Waals surface area contributed by atoms with Crippen LogP contribution in [0.3, 0.4) is 0 Å². The maximum atomic E-state index is 14.3. The quantitative estimate of drug-likeness (QED) is 0.500. The number of carbonyl (C=O) groups excluding carboxylic acids is 1. The van der Waals surface area contributed by atoms with Crippen molar-refractivity contribution in [1.29, 1.82) is 0 Å². The maximum absolute atomic E-state index is 14.3. The summed E-state index contributed by atoms with van der Waals surface area (Å²) in [5.74, 6) is -0.568. The van der Waals surface area contributed by atoms with E-state index < -0.39 is 5.82 Å². The van der Waals surface area contributed by atoms with Gasteiger partial charge in [0, 0.05) is 24.4 Å². The second-order valence-corrected chi connectivity index (χ2v) is 7.65. The van der Waals surface area contributed by atoms with Gasteiger partial charge in [-0.25, -0.2) is 13.9 Å². The molecular formula is C24H21FN4O3. The number of nitrogens with one attached hydrogen (secondary N) is 1. The first kappa shape index (κ1) is 20.1. The zero-order valence-corrected chi connectivity index (χ0v) is 17.2. The first-order chi connectivity index (χ1) is 15.6. The highest BCUT2D eigenvalue weighted by atomic mass is 19.1. The van der Waals surface area contributed by atoms with Crippen LogP contribution in [0.2, 0.25) is 0 Å². The molecule has 1 aliphatic heterocycles. The number of halogens is 1. The number of hydrogen-bond acceptors (Lipinski definition) is 5. The van der Waals surface area contributed by atoms with Gasteiger partial charge in [0.05, 0.1) is 19.6 Å². The molecule has 3 heterocycles. The molecule has 1 atom stereocenters. The van der Waals surface area contributed by atoms with Gasteiger partial charge in [-0.3, -0.25) is 4.79 Å². The molecule has 0 unspecified atom stereocenters. The number of anilines is 1. The van der Waals surface area contributed by atoms with Crippen LogP contribution in [0.1, 0.15) is 12.0 Å². The predicted molar refractivity (Wildman–Crippen MR) is 117 cm³/mol. The van der Waals surface area contributed by atoms with Crippen LogP contribution in [-0.2, 0) is 16.0 Å². The largest absolute Gasteiger partial charge is 0.485 e. The van der Waals surface area contributed by atoms with Gasteiger partial charge in [0.1, 0.15) is 12.4 Å². The van der Waals surface area contributed by atoms with Gasteiger partial charge in [0.25, 0.3) is 0 Å². The lowest BCUT2D eigenvalue weighted by Gasteiger charge is -2.13. The number of carbonyl (C=O) groups is 1. The zero-order chi connectivity index (χ0) is 21.9. The Kier molecular flexibility index (Phi) is 5.51. The van der Waals surface area contributed by atoms with Gasteiger partial charge in [-0.2, -0.15) is 5.10 Å². The van der Waals surface area contributed by atoms with Gasteiger partial charge in [0.2, 0.25) is 5.91 Å². The lowest BCUT2D eigenvalue weighted by Crippen LogP contribution is -2.17. The maximum Gasteiger partial charge on any atom is 0.228 e. The van der Waals surface area contributed by atoms with E-state index in [2.05, 4.69) is 15.4 Å². The number of rotatable bonds is 6. The molecule has 162 valence electrons. The zero-order valence-electron chi connectivity index (χ0n) is 17.2. The normalized spacial score (nSPS) is 15.7. The van der Waals surface area contributed by atoms with Gasteiger partial charge in [0.15, 0.2) is 17.2 Å². The monoisotopic (exact) mass is 432 g/mol. The summed E-state index contributed by atoms with van der Waals surface area (Å²) >= 11 is 0. The molecule has 0 saturated carbocycles. The summed E-state index contributed by atoms with van der Waals surface area (Å²) in [6.07, 6.45) is 4.16. The standard InChI is InChI=1S/C24H21FN4O3/c25-21-13-19(5-6-22(21)32-20-8-10-31-14-20)28-24(30)11-16-1-3-17(4-2-16)18-7-9-29-23(12-18)26-15-27-29/h1-7,9,12-13,15,20H,8,10-11,14H2,(H,28,30)/t20-/m1/s1. The van der Waals surface area contributed by atoms with Crippen LogP contribution >= 0.6 is 0 Å². The Morgan fingerprint density at radius 2 is 2.03 bits per heavy atom. The first-order valence-corrected chi connectivity index (χ1v) is 10.4. The molecule has 1 fully saturated rings. The smallest absolute Gasteiger partial charge is 0.228 e. The summed E-state index contributed by atoms with van der Waals surface area (Å²) in [5.41, 5.74) is 4.05. The fourth-order valence-electron chi connectivity index (χ4n) is 3.66. The van der Waals surface area contributed by atoms with Gasteiger partial charge in [-0.1, -0.05) is 24.3 Å². The summed E-state index contributed by atoms with van der Waals surface area (Å²) in [6.45, 7) is 1.09. The third-order valence-electron chi connectivity index (χ3n) is 5.33. The fraction of sp³-hybridized carbons (Fsp3) is 0.208. The number of amides is 1. The highest BCUT2D eigenvalue weighted by molar-refractivity contribution is 5.92. The van der Waals surface area contributed by atoms with Crippen molar-refractivity contribution in [1.82, 2.24) is 14.6 Å². The van der Waals surface area contributed by atoms with E-state index >= 15 is 0 Å². The molecule has 32 heavy (non-hydrogen) atoms. The third kappa shape index (κ3) is 4.45. The molecule has 8 heteroatoms. The Labute approximate surface area is 183 Å². The summed E-state index contributed by atoms with van der Waals surface area (Å²) in [7, 11) is 0. The number of aromatic nitrogens is 3. The Bertz CT molecular complexity index is 1250. The van der Waals surface area contributed by atoms with Crippen molar-refractivity contribution < 1.29 is 18.7 Å². The predicted octanol–water partition coefficient (Wildman–Crippen LogP) is 3.88. The van der Waals surface area contributed by atoms with Crippen LogP contribution in [0, 0.1) is 5.82 Å². The molecule has 2 aromatic heterocycles. The third-order valence-corrected chi connectivity index (χ3v) is 5.33. The SMILES string of the molecule is O=C(Cc1ccc(-c2ccn3ncnc3c2)cc1)Nc1ccc(O[C@@H]2CCOC2)c(F)c1. The van der Waals surface area contributed by atoms with E-state index in [4.69, 9.17) is 9.47 Å². The lowest BCUT2D eigenvalue weighted by molar-refractivity contribution is -0.115. The van der Waals surface area contributed by atoms with E-state index in [1.54, 1.807) is 10.6 Å². The van der Waals surface area contributed by atoms with Gasteiger partial charge in [-0.15, -0.1) is 0 Å². The van der Waals surface area contributed by atoms with Crippen molar-refractivity contribution in [2.45, 2.75) is 18.9 Å². The number of pyridine rings is 1. The number of nitrogens with zero attached hydrogens (tertiary/aromatic N) is 3. The minimum absolute atomic E-state index is 0.133. The summed E-state index contributed by atoms with van der Waals surface area (Å²) < 4.78 is 26.9. The number of hydrogen-bond donors (Lipinski definition) is 1. The Morgan fingerprint density at radius 3 is 2.81 bits per heavy atom. The van der Waals surface area contributed by atoms with Crippen molar-refractivity contribution in [3.05, 3.63) is 78.5 Å². The van der Waals surface area contributed by atoms with Gasteiger partial charge >= 0.3 is 0 Å². The van der Waals surface area contributed by atoms with Crippen molar-refractivity contribution in [3.63, 3.8) is 0 Å². The van der Waals surface area contributed by atoms with E-state index in [0.29, 0.717) is 18.9 Å². The summed E-state index contributed by atoms with van der Waals surface area (Å²) in [6, 6.07) is 16.1. The van der Waals surface area contributed by atoms with Gasteiger partial charge in [-0.05, 0) is 41.0 Å². The molecule has 4 aromatic rings. The van der Waals surface area contributed by atoms with Crippen LogP contribution in [0.5, 0.6) is 5.75 Å². The van der Waals surface area contributed by atoms with Crippen LogP contribution in [0.15, 0.2) is 67.1 Å². The molecule has 7 nitrogen and oxygen atoms in total. The van der Waals surface area contributed by atoms with E-state index in [1.807, 2.05) is 42.6 Å². The molecule has 2 aromatic carbocycles. The summed E-state index contributed by atoms with van der Waals surface area (Å²) in [4.78, 5) is 16.6. The molecule has 0 aliphatic carbocycles. The Balaban J connectivity index is 1.20. The Hall–Kier alpha value is -3.78. The number of benzene rings is 2. The number of ether oxygens (including phenoxy) is 2. The van der Waals surface area contributed by atoms with E-state index in [1.165, 1.54) is 18.5 Å². The molecule has 0 bridgehead atoms. The van der Waals surface area contributed by atoms with Crippen LogP contribution in [-0.4, -0.2) is 39.8 Å². The van der Waals surface area contributed by atoms with Crippen molar-refractivity contribution in [2.24, 2.45) is 0 Å². The highest BCUT2D eigenvalue weighted by Gasteiger charge is 2.19. The topological polar surface area (TPSA) is 77.8 Å². The average Bonchev–Trinajstić information content (AvgIpc) is 3.47. The van der Waals surface area contributed by atoms with Gasteiger partial charge < -0.3 is 14.8 Å². The summed E-state index contributed by atoms with van der Waals surface area (Å²) in [5, 5.41) is 6.83. The molecule has 1 N–H and O–H groups in total. The van der Waals surface area contributed by atoms with E-state index in [9.17, 15) is 9.18 Å². The Morgan fingerprint density at radius 1 is 1.16 bits per heavy atom. The molecule has 1 aliphatic rings. The minimum atomic E-state index is -0.510. The minimum Gasteiger partial charge on any atom is -0.485 e. The van der Waals surface area contributed by atoms with Crippen LogP contribution in [0.4, 0.5) is 10.1 Å². The van der Waals surface area contributed by atoms with Crippen molar-refractivity contribution in [2.75, 3.05) is 18.5 Å². The van der Waals surface area contributed by atoms with Crippen molar-refractivity contribution in [3.8, 4) is 16.9 Å². The molecule has 0 spiro atoms. The molecule has 5 rings (SSSR count). The second-order valence-electron chi connectivity index (χ2n) is 7.65. The number of fused-ring (bicyclic) bond motifs is 1. The highest BCUT2D eigenvalue weighted by Crippen LogP contribution is 2.25. The molecular weight excluding hydrogens is 411 g/mol. The van der Waals surface area contributed by atoms with Crippen LogP contribution < -0.4 is 10.1 Å².